The number of hydrogen-bond donors (Lipinski definition) is 2. The van der Waals surface area contributed by atoms with Crippen LogP contribution in [0.1, 0.15) is 6.42 Å². The molecule has 0 spiro atoms. The fraction of sp³-hybridized carbons (Fsp3) is 0.316. The van der Waals surface area contributed by atoms with Crippen LogP contribution in [0.2, 0.25) is 5.02 Å². The van der Waals surface area contributed by atoms with E-state index in [0.717, 1.165) is 31.4 Å². The summed E-state index contributed by atoms with van der Waals surface area (Å²) in [5, 5.41) is 5.74. The smallest absolute Gasteiger partial charge is 0.387 e. The van der Waals surface area contributed by atoms with E-state index in [2.05, 4.69) is 30.2 Å². The largest absolute Gasteiger partial charge is 0.433 e. The number of ether oxygens (including phenoxy) is 1. The standard InChI is InChI=1S/C19H16ClF3N6O/c20-15-13(30-19(22)23)3-1-11(16(15)21)27-18-17-12(25-8-26-18)2-4-14(28-17)29-7-9-5-10(29)6-24-9/h1-4,8-10,19,24H,5-7H2,(H,25,26,27)/t9-,10-/m0/s1. The molecule has 0 radical (unpaired) electrons. The molecule has 7 nitrogen and oxygen atoms in total. The highest BCUT2D eigenvalue weighted by atomic mass is 35.5. The van der Waals surface area contributed by atoms with Crippen molar-refractivity contribution in [2.75, 3.05) is 23.3 Å². The fourth-order valence-electron chi connectivity index (χ4n) is 3.97. The molecule has 2 aromatic heterocycles. The van der Waals surface area contributed by atoms with Crippen LogP contribution in [0.4, 0.5) is 30.5 Å². The van der Waals surface area contributed by atoms with Gasteiger partial charge in [-0.2, -0.15) is 8.78 Å². The predicted octanol–water partition coefficient (Wildman–Crippen LogP) is 3.71. The summed E-state index contributed by atoms with van der Waals surface area (Å²) < 4.78 is 43.7. The van der Waals surface area contributed by atoms with Crippen LogP contribution >= 0.6 is 11.6 Å². The predicted molar refractivity (Wildman–Crippen MR) is 106 cm³/mol. The van der Waals surface area contributed by atoms with Crippen LogP contribution in [0.15, 0.2) is 30.6 Å². The molecule has 2 aliphatic heterocycles. The van der Waals surface area contributed by atoms with Crippen molar-refractivity contribution in [3.8, 4) is 5.75 Å². The van der Waals surface area contributed by atoms with Gasteiger partial charge >= 0.3 is 6.61 Å². The summed E-state index contributed by atoms with van der Waals surface area (Å²) in [5.41, 5.74) is 1.01. The number of nitrogens with one attached hydrogen (secondary N) is 2. The number of pyridine rings is 1. The minimum atomic E-state index is -3.11. The lowest BCUT2D eigenvalue weighted by Gasteiger charge is -2.28. The van der Waals surface area contributed by atoms with E-state index in [1.54, 1.807) is 0 Å². The normalized spacial score (nSPS) is 20.4. The highest BCUT2D eigenvalue weighted by Crippen LogP contribution is 2.35. The van der Waals surface area contributed by atoms with Gasteiger partial charge in [0.2, 0.25) is 0 Å². The zero-order valence-electron chi connectivity index (χ0n) is 15.4. The third-order valence-electron chi connectivity index (χ3n) is 5.33. The van der Waals surface area contributed by atoms with Crippen molar-refractivity contribution >= 4 is 40.0 Å². The first kappa shape index (κ1) is 19.1. The van der Waals surface area contributed by atoms with Crippen LogP contribution in [0.25, 0.3) is 11.0 Å². The van der Waals surface area contributed by atoms with Crippen LogP contribution in [-0.2, 0) is 0 Å². The van der Waals surface area contributed by atoms with Gasteiger partial charge in [-0.05, 0) is 30.7 Å². The zero-order valence-corrected chi connectivity index (χ0v) is 16.2. The highest BCUT2D eigenvalue weighted by molar-refractivity contribution is 6.32. The van der Waals surface area contributed by atoms with Gasteiger partial charge in [0.1, 0.15) is 28.4 Å². The van der Waals surface area contributed by atoms with Crippen molar-refractivity contribution < 1.29 is 17.9 Å². The Labute approximate surface area is 174 Å². The van der Waals surface area contributed by atoms with E-state index in [9.17, 15) is 13.2 Å². The van der Waals surface area contributed by atoms with E-state index < -0.39 is 23.2 Å². The molecule has 11 heteroatoms. The molecule has 30 heavy (non-hydrogen) atoms. The number of rotatable bonds is 5. The van der Waals surface area contributed by atoms with E-state index in [0.29, 0.717) is 23.1 Å². The van der Waals surface area contributed by atoms with E-state index in [1.165, 1.54) is 12.4 Å². The third kappa shape index (κ3) is 3.35. The molecule has 3 aromatic rings. The van der Waals surface area contributed by atoms with Gasteiger partial charge in [-0.25, -0.2) is 19.3 Å². The average molecular weight is 437 g/mol. The van der Waals surface area contributed by atoms with E-state index >= 15 is 0 Å². The van der Waals surface area contributed by atoms with Gasteiger partial charge in [-0.3, -0.25) is 0 Å². The van der Waals surface area contributed by atoms with Crippen molar-refractivity contribution in [1.82, 2.24) is 20.3 Å². The second kappa shape index (κ2) is 7.44. The van der Waals surface area contributed by atoms with Crippen LogP contribution < -0.4 is 20.3 Å². The average Bonchev–Trinajstić information content (AvgIpc) is 3.37. The Bertz CT molecular complexity index is 1120. The van der Waals surface area contributed by atoms with Gasteiger partial charge in [0.05, 0.1) is 11.2 Å². The van der Waals surface area contributed by atoms with Gasteiger partial charge in [-0.1, -0.05) is 11.6 Å². The van der Waals surface area contributed by atoms with Gasteiger partial charge in [0, 0.05) is 25.2 Å². The van der Waals surface area contributed by atoms with Gasteiger partial charge < -0.3 is 20.3 Å². The monoisotopic (exact) mass is 436 g/mol. The number of alkyl halides is 2. The summed E-state index contributed by atoms with van der Waals surface area (Å²) in [6, 6.07) is 7.01. The Hall–Kier alpha value is -2.85. The topological polar surface area (TPSA) is 75.2 Å². The number of aromatic nitrogens is 3. The Morgan fingerprint density at radius 3 is 2.83 bits per heavy atom. The minimum Gasteiger partial charge on any atom is -0.433 e. The maximum atomic E-state index is 14.6. The number of hydrogen-bond acceptors (Lipinski definition) is 7. The second-order valence-electron chi connectivity index (χ2n) is 7.15. The first-order chi connectivity index (χ1) is 14.5. The summed E-state index contributed by atoms with van der Waals surface area (Å²) in [6.07, 6.45) is 2.41. The maximum absolute atomic E-state index is 14.6. The number of fused-ring (bicyclic) bond motifs is 3. The lowest BCUT2D eigenvalue weighted by molar-refractivity contribution is -0.0499. The lowest BCUT2D eigenvalue weighted by Crippen LogP contribution is -2.44. The number of nitrogens with zero attached hydrogens (tertiary/aromatic N) is 4. The third-order valence-corrected chi connectivity index (χ3v) is 5.69. The van der Waals surface area contributed by atoms with E-state index in [4.69, 9.17) is 16.6 Å². The Kier molecular flexibility index (Phi) is 4.75. The van der Waals surface area contributed by atoms with Gasteiger partial charge in [-0.15, -0.1) is 0 Å². The molecule has 156 valence electrons. The van der Waals surface area contributed by atoms with Crippen LogP contribution in [0.5, 0.6) is 5.75 Å². The molecule has 5 rings (SSSR count). The maximum Gasteiger partial charge on any atom is 0.387 e. The molecule has 1 aromatic carbocycles. The summed E-state index contributed by atoms with van der Waals surface area (Å²) in [7, 11) is 0. The summed E-state index contributed by atoms with van der Waals surface area (Å²) >= 11 is 5.84. The lowest BCUT2D eigenvalue weighted by atomic mass is 10.2. The van der Waals surface area contributed by atoms with Crippen molar-refractivity contribution in [3.63, 3.8) is 0 Å². The summed E-state index contributed by atoms with van der Waals surface area (Å²) in [4.78, 5) is 15.4. The zero-order chi connectivity index (χ0) is 20.8. The molecule has 2 N–H and O–H groups in total. The Balaban J connectivity index is 1.49. The highest BCUT2D eigenvalue weighted by Gasteiger charge is 2.38. The van der Waals surface area contributed by atoms with Gasteiger partial charge in [0.15, 0.2) is 11.6 Å². The Morgan fingerprint density at radius 2 is 2.10 bits per heavy atom. The number of halogens is 4. The summed E-state index contributed by atoms with van der Waals surface area (Å²) in [6.45, 7) is -1.32. The SMILES string of the molecule is Fc1c(Nc2ncnc3ccc(N4C[C@@H]5C[C@H]4CN5)nc23)ccc(OC(F)F)c1Cl. The number of anilines is 3. The first-order valence-electron chi connectivity index (χ1n) is 9.31. The van der Waals surface area contributed by atoms with E-state index in [-0.39, 0.29) is 11.5 Å². The molecule has 0 unspecified atom stereocenters. The van der Waals surface area contributed by atoms with Crippen molar-refractivity contribution in [2.24, 2.45) is 0 Å². The number of piperazine rings is 1. The van der Waals surface area contributed by atoms with E-state index in [1.807, 2.05) is 12.1 Å². The molecular weight excluding hydrogens is 421 g/mol. The molecule has 0 amide bonds. The molecule has 2 saturated heterocycles. The molecule has 2 atom stereocenters. The van der Waals surface area contributed by atoms with Crippen molar-refractivity contribution in [1.29, 1.82) is 0 Å². The molecule has 2 aliphatic rings. The van der Waals surface area contributed by atoms with Gasteiger partial charge in [0.25, 0.3) is 0 Å². The second-order valence-corrected chi connectivity index (χ2v) is 7.53. The van der Waals surface area contributed by atoms with Crippen molar-refractivity contribution in [2.45, 2.75) is 25.1 Å². The molecular formula is C19H16ClF3N6O. The summed E-state index contributed by atoms with van der Waals surface area (Å²) in [5.74, 6) is -0.295. The molecule has 2 fully saturated rings. The minimum absolute atomic E-state index is 0.0433. The van der Waals surface area contributed by atoms with Crippen LogP contribution in [0.3, 0.4) is 0 Å². The van der Waals surface area contributed by atoms with Crippen LogP contribution in [0, 0.1) is 5.82 Å². The Morgan fingerprint density at radius 1 is 1.23 bits per heavy atom. The van der Waals surface area contributed by atoms with Crippen LogP contribution in [-0.4, -0.2) is 46.7 Å². The first-order valence-corrected chi connectivity index (χ1v) is 9.69. The number of benzene rings is 1. The van der Waals surface area contributed by atoms with Crippen molar-refractivity contribution in [3.05, 3.63) is 41.4 Å². The molecule has 4 heterocycles. The quantitative estimate of drug-likeness (QED) is 0.631. The molecule has 0 saturated carbocycles. The molecule has 2 bridgehead atoms. The fourth-order valence-corrected chi connectivity index (χ4v) is 4.17. The molecule has 0 aliphatic carbocycles.